The minimum atomic E-state index is -3.81. The molecule has 1 amide bonds. The number of aryl methyl sites for hydroxylation is 1. The zero-order valence-corrected chi connectivity index (χ0v) is 17.9. The summed E-state index contributed by atoms with van der Waals surface area (Å²) < 4.78 is 30.4. The van der Waals surface area contributed by atoms with Crippen LogP contribution < -0.4 is 15.2 Å². The molecule has 0 aliphatic rings. The molecule has 8 nitrogen and oxygen atoms in total. The molecule has 0 bridgehead atoms. The summed E-state index contributed by atoms with van der Waals surface area (Å²) in [6.07, 6.45) is 0. The van der Waals surface area contributed by atoms with Gasteiger partial charge in [0.1, 0.15) is 5.75 Å². The highest BCUT2D eigenvalue weighted by Gasteiger charge is 2.21. The van der Waals surface area contributed by atoms with Gasteiger partial charge in [0, 0.05) is 6.54 Å². The lowest BCUT2D eigenvalue weighted by Gasteiger charge is -2.14. The van der Waals surface area contributed by atoms with Gasteiger partial charge in [0.15, 0.2) is 5.16 Å². The van der Waals surface area contributed by atoms with Gasteiger partial charge in [-0.25, -0.2) is 18.5 Å². The van der Waals surface area contributed by atoms with Gasteiger partial charge in [0.2, 0.25) is 15.9 Å². The van der Waals surface area contributed by atoms with Crippen molar-refractivity contribution in [2.45, 2.75) is 35.7 Å². The number of hydrogen-bond donors (Lipinski definition) is 2. The lowest BCUT2D eigenvalue weighted by molar-refractivity contribution is -0.115. The molecule has 3 N–H and O–H groups in total. The van der Waals surface area contributed by atoms with Crippen LogP contribution in [0.15, 0.2) is 52.5 Å². The van der Waals surface area contributed by atoms with E-state index in [9.17, 15) is 13.2 Å². The van der Waals surface area contributed by atoms with Crippen LogP contribution in [0.5, 0.6) is 5.75 Å². The fourth-order valence-electron chi connectivity index (χ4n) is 2.85. The molecule has 3 aromatic rings. The molecular formula is C19H22N4O4S2. The van der Waals surface area contributed by atoms with E-state index >= 15 is 0 Å². The third kappa shape index (κ3) is 4.55. The van der Waals surface area contributed by atoms with Gasteiger partial charge in [-0.3, -0.25) is 4.79 Å². The second-order valence-electron chi connectivity index (χ2n) is 6.28. The first-order valence-corrected chi connectivity index (χ1v) is 11.3. The standard InChI is InChI=1S/C19H22N4O4S2/c1-4-23-16-10-9-13(29(20,25)26)11-15(16)22-19(23)28-12(2)18(24)21-14-7-5-6-8-17(14)27-3/h5-12H,4H2,1-3H3,(H,21,24)(H2,20,25,26)/t12-/m0/s1. The molecule has 0 radical (unpaired) electrons. The van der Waals surface area contributed by atoms with Gasteiger partial charge >= 0.3 is 0 Å². The SMILES string of the molecule is CCn1c(S[C@@H](C)C(=O)Nc2ccccc2OC)nc2cc(S(N)(=O)=O)ccc21. The molecule has 1 heterocycles. The summed E-state index contributed by atoms with van der Waals surface area (Å²) in [4.78, 5) is 17.2. The first kappa shape index (κ1) is 21.2. The quantitative estimate of drug-likeness (QED) is 0.552. The number of hydrogen-bond acceptors (Lipinski definition) is 6. The summed E-state index contributed by atoms with van der Waals surface area (Å²) in [5, 5.41) is 8.25. The second kappa shape index (κ2) is 8.44. The van der Waals surface area contributed by atoms with Crippen LogP contribution in [0, 0.1) is 0 Å². The van der Waals surface area contributed by atoms with Crippen molar-refractivity contribution in [1.29, 1.82) is 0 Å². The molecule has 1 aromatic heterocycles. The van der Waals surface area contributed by atoms with Crippen LogP contribution in [-0.2, 0) is 21.4 Å². The van der Waals surface area contributed by atoms with Crippen molar-refractivity contribution in [3.05, 3.63) is 42.5 Å². The van der Waals surface area contributed by atoms with Gasteiger partial charge in [-0.2, -0.15) is 0 Å². The number of anilines is 1. The molecule has 154 valence electrons. The molecule has 10 heteroatoms. The van der Waals surface area contributed by atoms with Gasteiger partial charge in [-0.1, -0.05) is 23.9 Å². The molecular weight excluding hydrogens is 412 g/mol. The van der Waals surface area contributed by atoms with Crippen LogP contribution in [0.25, 0.3) is 11.0 Å². The molecule has 0 spiro atoms. The van der Waals surface area contributed by atoms with Gasteiger partial charge in [-0.05, 0) is 44.2 Å². The maximum atomic E-state index is 12.7. The van der Waals surface area contributed by atoms with Crippen molar-refractivity contribution < 1.29 is 17.9 Å². The number of nitrogens with one attached hydrogen (secondary N) is 1. The zero-order valence-electron chi connectivity index (χ0n) is 16.2. The number of ether oxygens (including phenoxy) is 1. The monoisotopic (exact) mass is 434 g/mol. The molecule has 29 heavy (non-hydrogen) atoms. The third-order valence-corrected chi connectivity index (χ3v) is 6.35. The van der Waals surface area contributed by atoms with Crippen molar-refractivity contribution in [1.82, 2.24) is 9.55 Å². The summed E-state index contributed by atoms with van der Waals surface area (Å²) in [7, 11) is -2.27. The van der Waals surface area contributed by atoms with Crippen LogP contribution in [-0.4, -0.2) is 36.2 Å². The van der Waals surface area contributed by atoms with E-state index in [1.54, 1.807) is 32.2 Å². The number of imidazole rings is 1. The number of amides is 1. The number of aromatic nitrogens is 2. The lowest BCUT2D eigenvalue weighted by Crippen LogP contribution is -2.23. The normalized spacial score (nSPS) is 12.7. The number of para-hydroxylation sites is 2. The minimum absolute atomic E-state index is 0.00395. The Morgan fingerprint density at radius 1 is 1.31 bits per heavy atom. The molecule has 0 saturated carbocycles. The number of methoxy groups -OCH3 is 1. The molecule has 0 saturated heterocycles. The van der Waals surface area contributed by atoms with Gasteiger partial charge in [0.05, 0.1) is 34.0 Å². The predicted octanol–water partition coefficient (Wildman–Crippen LogP) is 2.83. The van der Waals surface area contributed by atoms with E-state index in [-0.39, 0.29) is 10.8 Å². The van der Waals surface area contributed by atoms with E-state index in [1.165, 1.54) is 23.9 Å². The average Bonchev–Trinajstić information content (AvgIpc) is 3.03. The van der Waals surface area contributed by atoms with Crippen LogP contribution in [0.2, 0.25) is 0 Å². The molecule has 1 atom stereocenters. The smallest absolute Gasteiger partial charge is 0.238 e. The Bertz CT molecular complexity index is 1160. The fourth-order valence-corrected chi connectivity index (χ4v) is 4.38. The van der Waals surface area contributed by atoms with E-state index in [4.69, 9.17) is 9.88 Å². The van der Waals surface area contributed by atoms with Crippen molar-refractivity contribution in [2.75, 3.05) is 12.4 Å². The number of rotatable bonds is 7. The predicted molar refractivity (Wildman–Crippen MR) is 114 cm³/mol. The van der Waals surface area contributed by atoms with Crippen LogP contribution in [0.1, 0.15) is 13.8 Å². The van der Waals surface area contributed by atoms with E-state index < -0.39 is 15.3 Å². The van der Waals surface area contributed by atoms with E-state index in [0.29, 0.717) is 28.7 Å². The highest BCUT2D eigenvalue weighted by atomic mass is 32.2. The third-order valence-electron chi connectivity index (χ3n) is 4.35. The average molecular weight is 435 g/mol. The first-order chi connectivity index (χ1) is 13.7. The number of carbonyl (C=O) groups is 1. The molecule has 0 unspecified atom stereocenters. The number of sulfonamides is 1. The van der Waals surface area contributed by atoms with Crippen LogP contribution in [0.4, 0.5) is 5.69 Å². The zero-order chi connectivity index (χ0) is 21.2. The summed E-state index contributed by atoms with van der Waals surface area (Å²) in [5.41, 5.74) is 1.88. The van der Waals surface area contributed by atoms with Crippen molar-refractivity contribution in [3.8, 4) is 5.75 Å². The summed E-state index contributed by atoms with van der Waals surface area (Å²) >= 11 is 1.29. The van der Waals surface area contributed by atoms with Crippen LogP contribution >= 0.6 is 11.8 Å². The molecule has 0 aliphatic carbocycles. The highest BCUT2D eigenvalue weighted by Crippen LogP contribution is 2.30. The van der Waals surface area contributed by atoms with Crippen molar-refractivity contribution in [3.63, 3.8) is 0 Å². The number of nitrogens with two attached hydrogens (primary N) is 1. The van der Waals surface area contributed by atoms with Gasteiger partial charge in [0.25, 0.3) is 0 Å². The number of fused-ring (bicyclic) bond motifs is 1. The Morgan fingerprint density at radius 2 is 2.03 bits per heavy atom. The molecule has 0 aliphatic heterocycles. The number of benzene rings is 2. The lowest BCUT2D eigenvalue weighted by atomic mass is 10.3. The van der Waals surface area contributed by atoms with Gasteiger partial charge in [-0.15, -0.1) is 0 Å². The minimum Gasteiger partial charge on any atom is -0.495 e. The first-order valence-electron chi connectivity index (χ1n) is 8.88. The Balaban J connectivity index is 1.85. The Kier molecular flexibility index (Phi) is 6.15. The number of carbonyl (C=O) groups excluding carboxylic acids is 1. The highest BCUT2D eigenvalue weighted by molar-refractivity contribution is 8.00. The topological polar surface area (TPSA) is 116 Å². The Morgan fingerprint density at radius 3 is 2.69 bits per heavy atom. The van der Waals surface area contributed by atoms with E-state index in [0.717, 1.165) is 5.52 Å². The molecule has 3 rings (SSSR count). The van der Waals surface area contributed by atoms with Gasteiger partial charge < -0.3 is 14.6 Å². The summed E-state index contributed by atoms with van der Waals surface area (Å²) in [6.45, 7) is 4.36. The number of nitrogens with zero attached hydrogens (tertiary/aromatic N) is 2. The maximum absolute atomic E-state index is 12.7. The fraction of sp³-hybridized carbons (Fsp3) is 0.263. The second-order valence-corrected chi connectivity index (χ2v) is 9.15. The maximum Gasteiger partial charge on any atom is 0.238 e. The summed E-state index contributed by atoms with van der Waals surface area (Å²) in [5.74, 6) is 0.383. The van der Waals surface area contributed by atoms with Crippen molar-refractivity contribution in [2.24, 2.45) is 5.14 Å². The van der Waals surface area contributed by atoms with E-state index in [2.05, 4.69) is 10.3 Å². The number of thioether (sulfide) groups is 1. The Labute approximate surface area is 173 Å². The largest absolute Gasteiger partial charge is 0.495 e. The van der Waals surface area contributed by atoms with Crippen molar-refractivity contribution >= 4 is 44.4 Å². The molecule has 2 aromatic carbocycles. The molecule has 0 fully saturated rings. The van der Waals surface area contributed by atoms with E-state index in [1.807, 2.05) is 23.6 Å². The van der Waals surface area contributed by atoms with Crippen LogP contribution in [0.3, 0.4) is 0 Å². The Hall–Kier alpha value is -2.56. The number of primary sulfonamides is 1. The summed E-state index contributed by atoms with van der Waals surface area (Å²) in [6, 6.07) is 11.8.